The average Bonchev–Trinajstić information content (AvgIpc) is 3.70. The molecule has 9 aromatic rings. The number of benzene rings is 7. The van der Waals surface area contributed by atoms with Crippen LogP contribution in [0.3, 0.4) is 0 Å². The second kappa shape index (κ2) is 11.4. The number of para-hydroxylation sites is 4. The van der Waals surface area contributed by atoms with Gasteiger partial charge in [-0.25, -0.2) is 4.85 Å². The Kier molecular flexibility index (Phi) is 6.56. The number of rotatable bonds is 4. The standard InChI is InChI=1S/C45H25N5/c1-47-38-24-23-32(30-12-11-13-31(27-30)49-39-18-7-5-16-35(39)37-26-29(28-46)22-25-43(37)49)44(45(38)48-2)36-17-6-10-21-42(36)50-40-19-8-3-14-33(40)34-15-4-9-20-41(34)50/h3-27H. The van der Waals surface area contributed by atoms with Crippen LogP contribution in [0.2, 0.25) is 0 Å². The molecule has 5 nitrogen and oxygen atoms in total. The largest absolute Gasteiger partial charge is 0.309 e. The van der Waals surface area contributed by atoms with Crippen LogP contribution in [0, 0.1) is 24.5 Å². The summed E-state index contributed by atoms with van der Waals surface area (Å²) in [7, 11) is 0. The molecule has 7 aromatic carbocycles. The lowest BCUT2D eigenvalue weighted by Gasteiger charge is -2.19. The zero-order valence-electron chi connectivity index (χ0n) is 26.7. The topological polar surface area (TPSA) is 42.4 Å². The Balaban J connectivity index is 1.32. The van der Waals surface area contributed by atoms with E-state index >= 15 is 0 Å². The second-order valence-electron chi connectivity index (χ2n) is 12.2. The predicted octanol–water partition coefficient (Wildman–Crippen LogP) is 12.2. The molecule has 0 spiro atoms. The van der Waals surface area contributed by atoms with E-state index in [9.17, 15) is 5.26 Å². The van der Waals surface area contributed by atoms with E-state index in [0.717, 1.165) is 77.2 Å². The summed E-state index contributed by atoms with van der Waals surface area (Å²) in [5.41, 5.74) is 10.7. The van der Waals surface area contributed by atoms with Crippen LogP contribution in [0.15, 0.2) is 152 Å². The Bertz CT molecular complexity index is 2920. The lowest BCUT2D eigenvalue weighted by molar-refractivity contribution is 1.18. The molecule has 0 unspecified atom stereocenters. The summed E-state index contributed by atoms with van der Waals surface area (Å²) in [4.78, 5) is 7.81. The highest BCUT2D eigenvalue weighted by molar-refractivity contribution is 6.11. The van der Waals surface area contributed by atoms with Crippen molar-refractivity contribution in [1.29, 1.82) is 5.26 Å². The molecule has 2 aromatic heterocycles. The molecular formula is C45H25N5. The Labute approximate surface area is 288 Å². The Morgan fingerprint density at radius 2 is 1.12 bits per heavy atom. The maximum atomic E-state index is 9.64. The lowest BCUT2D eigenvalue weighted by atomic mass is 9.91. The molecule has 0 atom stereocenters. The fraction of sp³-hybridized carbons (Fsp3) is 0. The maximum Gasteiger partial charge on any atom is 0.202 e. The summed E-state index contributed by atoms with van der Waals surface area (Å²) in [5, 5.41) is 14.0. The van der Waals surface area contributed by atoms with Gasteiger partial charge in [-0.15, -0.1) is 0 Å². The molecule has 0 bridgehead atoms. The highest BCUT2D eigenvalue weighted by Crippen LogP contribution is 2.48. The first-order valence-corrected chi connectivity index (χ1v) is 16.2. The molecular weight excluding hydrogens is 611 g/mol. The summed E-state index contributed by atoms with van der Waals surface area (Å²) >= 11 is 0. The first kappa shape index (κ1) is 28.8. The van der Waals surface area contributed by atoms with E-state index in [2.05, 4.69) is 116 Å². The van der Waals surface area contributed by atoms with Crippen molar-refractivity contribution >= 4 is 55.0 Å². The summed E-state index contributed by atoms with van der Waals surface area (Å²) in [6.45, 7) is 16.4. The van der Waals surface area contributed by atoms with E-state index in [4.69, 9.17) is 13.1 Å². The fourth-order valence-corrected chi connectivity index (χ4v) is 7.49. The maximum absolute atomic E-state index is 9.64. The predicted molar refractivity (Wildman–Crippen MR) is 203 cm³/mol. The molecule has 0 aliphatic rings. The molecule has 5 heteroatoms. The van der Waals surface area contributed by atoms with Gasteiger partial charge in [0.2, 0.25) is 5.69 Å². The van der Waals surface area contributed by atoms with Crippen LogP contribution < -0.4 is 0 Å². The van der Waals surface area contributed by atoms with Crippen molar-refractivity contribution in [1.82, 2.24) is 9.13 Å². The van der Waals surface area contributed by atoms with E-state index in [0.29, 0.717) is 16.9 Å². The van der Waals surface area contributed by atoms with E-state index in [1.807, 2.05) is 54.6 Å². The molecule has 0 saturated heterocycles. The van der Waals surface area contributed by atoms with Crippen LogP contribution in [0.5, 0.6) is 0 Å². The van der Waals surface area contributed by atoms with Crippen LogP contribution >= 0.6 is 0 Å². The van der Waals surface area contributed by atoms with Crippen LogP contribution in [0.1, 0.15) is 5.56 Å². The number of fused-ring (bicyclic) bond motifs is 6. The second-order valence-corrected chi connectivity index (χ2v) is 12.2. The molecule has 50 heavy (non-hydrogen) atoms. The van der Waals surface area contributed by atoms with Gasteiger partial charge in [0.05, 0.1) is 52.5 Å². The molecule has 0 N–H and O–H groups in total. The Hall–Kier alpha value is -7.39. The van der Waals surface area contributed by atoms with Gasteiger partial charge in [-0.2, -0.15) is 5.26 Å². The van der Waals surface area contributed by atoms with Gasteiger partial charge in [0.15, 0.2) is 5.69 Å². The van der Waals surface area contributed by atoms with Crippen LogP contribution in [0.25, 0.3) is 86.9 Å². The van der Waals surface area contributed by atoms with Gasteiger partial charge in [-0.3, -0.25) is 4.85 Å². The summed E-state index contributed by atoms with van der Waals surface area (Å²) in [6.07, 6.45) is 0. The van der Waals surface area contributed by atoms with E-state index in [-0.39, 0.29) is 0 Å². The average molecular weight is 636 g/mol. The quantitative estimate of drug-likeness (QED) is 0.177. The summed E-state index contributed by atoms with van der Waals surface area (Å²) in [5.74, 6) is 0. The van der Waals surface area contributed by atoms with Crippen molar-refractivity contribution in [2.24, 2.45) is 0 Å². The van der Waals surface area contributed by atoms with E-state index in [1.54, 1.807) is 6.07 Å². The smallest absolute Gasteiger partial charge is 0.202 e. The normalized spacial score (nSPS) is 11.1. The van der Waals surface area contributed by atoms with Crippen LogP contribution in [-0.4, -0.2) is 9.13 Å². The first-order valence-electron chi connectivity index (χ1n) is 16.2. The molecule has 0 aliphatic heterocycles. The van der Waals surface area contributed by atoms with Crippen LogP contribution in [-0.2, 0) is 0 Å². The lowest BCUT2D eigenvalue weighted by Crippen LogP contribution is -1.99. The van der Waals surface area contributed by atoms with Gasteiger partial charge < -0.3 is 9.13 Å². The molecule has 0 saturated carbocycles. The van der Waals surface area contributed by atoms with Crippen molar-refractivity contribution in [3.8, 4) is 39.7 Å². The molecule has 230 valence electrons. The zero-order valence-corrected chi connectivity index (χ0v) is 26.7. The Morgan fingerprint density at radius 3 is 1.80 bits per heavy atom. The minimum Gasteiger partial charge on any atom is -0.309 e. The van der Waals surface area contributed by atoms with Crippen molar-refractivity contribution in [3.63, 3.8) is 0 Å². The van der Waals surface area contributed by atoms with Crippen molar-refractivity contribution in [2.75, 3.05) is 0 Å². The van der Waals surface area contributed by atoms with Gasteiger partial charge >= 0.3 is 0 Å². The highest BCUT2D eigenvalue weighted by atomic mass is 15.0. The Morgan fingerprint density at radius 1 is 0.500 bits per heavy atom. The number of hydrogen-bond acceptors (Lipinski definition) is 1. The molecule has 0 radical (unpaired) electrons. The third kappa shape index (κ3) is 4.24. The minimum absolute atomic E-state index is 0.322. The van der Waals surface area contributed by atoms with E-state index < -0.39 is 0 Å². The zero-order chi connectivity index (χ0) is 33.8. The van der Waals surface area contributed by atoms with Gasteiger partial charge in [-0.1, -0.05) is 97.1 Å². The molecule has 0 amide bonds. The highest BCUT2D eigenvalue weighted by Gasteiger charge is 2.22. The minimum atomic E-state index is 0.322. The van der Waals surface area contributed by atoms with Crippen molar-refractivity contribution in [2.45, 2.75) is 0 Å². The molecule has 9 rings (SSSR count). The SMILES string of the molecule is [C-]#[N+]c1ccc(-c2cccc(-n3c4ccccc4c4cc(C#N)ccc43)c2)c(-c2ccccc2-n2c3ccccc3c3ccccc32)c1[N+]#[C-]. The van der Waals surface area contributed by atoms with E-state index in [1.165, 1.54) is 0 Å². The van der Waals surface area contributed by atoms with Gasteiger partial charge in [0, 0.05) is 27.2 Å². The fourth-order valence-electron chi connectivity index (χ4n) is 7.49. The number of hydrogen-bond donors (Lipinski definition) is 0. The van der Waals surface area contributed by atoms with Crippen LogP contribution in [0.4, 0.5) is 11.4 Å². The van der Waals surface area contributed by atoms with Gasteiger partial charge in [0.25, 0.3) is 0 Å². The molecule has 0 aliphatic carbocycles. The van der Waals surface area contributed by atoms with Gasteiger partial charge in [0.1, 0.15) is 0 Å². The molecule has 0 fully saturated rings. The summed E-state index contributed by atoms with van der Waals surface area (Å²) in [6, 6.07) is 53.4. The third-order valence-corrected chi connectivity index (χ3v) is 9.60. The monoisotopic (exact) mass is 635 g/mol. The molecule has 2 heterocycles. The first-order chi connectivity index (χ1) is 24.7. The number of aromatic nitrogens is 2. The third-order valence-electron chi connectivity index (χ3n) is 9.60. The van der Waals surface area contributed by atoms with Gasteiger partial charge in [-0.05, 0) is 76.9 Å². The number of nitriles is 1. The van der Waals surface area contributed by atoms with Crippen molar-refractivity contribution < 1.29 is 0 Å². The number of nitrogens with zero attached hydrogens (tertiary/aromatic N) is 5. The van der Waals surface area contributed by atoms with Crippen molar-refractivity contribution in [3.05, 3.63) is 180 Å². The summed E-state index contributed by atoms with van der Waals surface area (Å²) < 4.78 is 4.50.